The second-order valence-corrected chi connectivity index (χ2v) is 6.00. The number of hydrogen-bond donors (Lipinski definition) is 2. The van der Waals surface area contributed by atoms with E-state index in [-0.39, 0.29) is 17.4 Å². The molecule has 3 N–H and O–H groups in total. The van der Waals surface area contributed by atoms with Crippen LogP contribution in [0.25, 0.3) is 23.0 Å². The molecule has 0 radical (unpaired) electrons. The standard InChI is InChI=1S/C15H14F3N5O2.C2HF3O2/c1-23-10(6-12(21-23)15(16,17)18)13-20-14(25-22-13)9-5-8(7-19)3-4-11(9)24-2;3-2(4,5)1(6)7/h3-6H,7,19H2,1-2H3;(H,6,7). The maximum absolute atomic E-state index is 12.8. The van der Waals surface area contributed by atoms with Crippen LogP contribution < -0.4 is 10.5 Å². The van der Waals surface area contributed by atoms with E-state index >= 15 is 0 Å². The largest absolute Gasteiger partial charge is 0.496 e. The highest BCUT2D eigenvalue weighted by atomic mass is 19.4. The Balaban J connectivity index is 0.000000451. The third kappa shape index (κ3) is 5.75. The highest BCUT2D eigenvalue weighted by Gasteiger charge is 2.38. The van der Waals surface area contributed by atoms with Gasteiger partial charge in [-0.05, 0) is 23.8 Å². The molecule has 1 aromatic carbocycles. The van der Waals surface area contributed by atoms with Crippen LogP contribution in [0.15, 0.2) is 28.8 Å². The number of hydrogen-bond acceptors (Lipinski definition) is 7. The maximum Gasteiger partial charge on any atom is 0.490 e. The molecule has 15 heteroatoms. The van der Waals surface area contributed by atoms with E-state index in [0.29, 0.717) is 17.9 Å². The molecule has 2 heterocycles. The molecule has 0 spiro atoms. The lowest BCUT2D eigenvalue weighted by atomic mass is 10.1. The summed E-state index contributed by atoms with van der Waals surface area (Å²) in [4.78, 5) is 13.1. The van der Waals surface area contributed by atoms with Gasteiger partial charge in [-0.1, -0.05) is 11.2 Å². The average molecular weight is 467 g/mol. The molecule has 0 fully saturated rings. The van der Waals surface area contributed by atoms with Gasteiger partial charge in [-0.25, -0.2) is 4.79 Å². The first-order valence-electron chi connectivity index (χ1n) is 8.40. The van der Waals surface area contributed by atoms with Gasteiger partial charge in [-0.2, -0.15) is 36.4 Å². The second-order valence-electron chi connectivity index (χ2n) is 6.00. The number of halogens is 6. The Hall–Kier alpha value is -3.62. The predicted molar refractivity (Wildman–Crippen MR) is 95.1 cm³/mol. The van der Waals surface area contributed by atoms with E-state index in [0.717, 1.165) is 16.3 Å². The Labute approximate surface area is 175 Å². The minimum atomic E-state index is -5.08. The number of carboxylic acid groups (broad SMARTS) is 1. The third-order valence-corrected chi connectivity index (χ3v) is 3.80. The van der Waals surface area contributed by atoms with Crippen molar-refractivity contribution in [1.82, 2.24) is 19.9 Å². The van der Waals surface area contributed by atoms with Crippen LogP contribution in [0, 0.1) is 0 Å². The number of nitrogens with zero attached hydrogens (tertiary/aromatic N) is 4. The number of aromatic nitrogens is 4. The van der Waals surface area contributed by atoms with Gasteiger partial charge in [-0.3, -0.25) is 4.68 Å². The Kier molecular flexibility index (Phi) is 7.13. The predicted octanol–water partition coefficient (Wildman–Crippen LogP) is 3.26. The van der Waals surface area contributed by atoms with Crippen molar-refractivity contribution in [2.24, 2.45) is 12.8 Å². The summed E-state index contributed by atoms with van der Waals surface area (Å²) < 4.78 is 81.6. The van der Waals surface area contributed by atoms with Crippen LogP contribution in [0.5, 0.6) is 5.75 Å². The summed E-state index contributed by atoms with van der Waals surface area (Å²) in [6.45, 7) is 0.300. The molecule has 0 saturated heterocycles. The number of nitrogens with two attached hydrogens (primary N) is 1. The molecule has 3 rings (SSSR count). The summed E-state index contributed by atoms with van der Waals surface area (Å²) in [6, 6.07) is 6.08. The molecule has 2 aromatic heterocycles. The zero-order chi connectivity index (χ0) is 24.3. The first-order chi connectivity index (χ1) is 14.8. The van der Waals surface area contributed by atoms with E-state index in [1.54, 1.807) is 18.2 Å². The van der Waals surface area contributed by atoms with Crippen molar-refractivity contribution in [2.45, 2.75) is 18.9 Å². The van der Waals surface area contributed by atoms with Gasteiger partial charge in [0, 0.05) is 13.6 Å². The quantitative estimate of drug-likeness (QED) is 0.560. The summed E-state index contributed by atoms with van der Waals surface area (Å²) in [5, 5.41) is 14.3. The van der Waals surface area contributed by atoms with E-state index in [1.165, 1.54) is 14.2 Å². The number of carbonyl (C=O) groups is 1. The smallest absolute Gasteiger partial charge is 0.490 e. The van der Waals surface area contributed by atoms with Crippen molar-refractivity contribution in [3.05, 3.63) is 35.5 Å². The number of methoxy groups -OCH3 is 1. The number of ether oxygens (including phenoxy) is 1. The summed E-state index contributed by atoms with van der Waals surface area (Å²) >= 11 is 0. The van der Waals surface area contributed by atoms with Gasteiger partial charge in [-0.15, -0.1) is 0 Å². The molecule has 9 nitrogen and oxygen atoms in total. The second kappa shape index (κ2) is 9.25. The third-order valence-electron chi connectivity index (χ3n) is 3.80. The van der Waals surface area contributed by atoms with Crippen molar-refractivity contribution in [2.75, 3.05) is 7.11 Å². The molecular weight excluding hydrogens is 452 g/mol. The topological polar surface area (TPSA) is 129 Å². The fourth-order valence-electron chi connectivity index (χ4n) is 2.30. The summed E-state index contributed by atoms with van der Waals surface area (Å²) in [7, 11) is 2.85. The zero-order valence-corrected chi connectivity index (χ0v) is 16.3. The zero-order valence-electron chi connectivity index (χ0n) is 16.3. The fourth-order valence-corrected chi connectivity index (χ4v) is 2.30. The molecule has 0 unspecified atom stereocenters. The Morgan fingerprint density at radius 2 is 1.84 bits per heavy atom. The number of benzene rings is 1. The number of aliphatic carboxylic acids is 1. The minimum Gasteiger partial charge on any atom is -0.496 e. The van der Waals surface area contributed by atoms with Crippen LogP contribution in [0.2, 0.25) is 0 Å². The van der Waals surface area contributed by atoms with Crippen molar-refractivity contribution in [3.63, 3.8) is 0 Å². The van der Waals surface area contributed by atoms with E-state index in [4.69, 9.17) is 24.9 Å². The van der Waals surface area contributed by atoms with E-state index in [9.17, 15) is 26.3 Å². The Bertz CT molecular complexity index is 1090. The van der Waals surface area contributed by atoms with E-state index in [2.05, 4.69) is 15.2 Å². The Morgan fingerprint density at radius 3 is 2.31 bits per heavy atom. The molecular formula is C17H15F6N5O4. The van der Waals surface area contributed by atoms with Gasteiger partial charge >= 0.3 is 18.3 Å². The molecule has 3 aromatic rings. The van der Waals surface area contributed by atoms with Crippen molar-refractivity contribution >= 4 is 5.97 Å². The van der Waals surface area contributed by atoms with Crippen LogP contribution in [-0.2, 0) is 24.6 Å². The molecule has 0 bridgehead atoms. The summed E-state index contributed by atoms with van der Waals surface area (Å²) in [6.07, 6.45) is -9.64. The number of carboxylic acids is 1. The normalized spacial score (nSPS) is 11.7. The van der Waals surface area contributed by atoms with Gasteiger partial charge in [0.25, 0.3) is 5.89 Å². The lowest BCUT2D eigenvalue weighted by Gasteiger charge is -2.06. The molecule has 0 saturated carbocycles. The van der Waals surface area contributed by atoms with Crippen LogP contribution in [0.1, 0.15) is 11.3 Å². The molecule has 0 aliphatic carbocycles. The van der Waals surface area contributed by atoms with Gasteiger partial charge in [0.15, 0.2) is 5.69 Å². The van der Waals surface area contributed by atoms with E-state index < -0.39 is 24.0 Å². The number of aryl methyl sites for hydroxylation is 1. The van der Waals surface area contributed by atoms with Crippen molar-refractivity contribution in [1.29, 1.82) is 0 Å². The highest BCUT2D eigenvalue weighted by molar-refractivity contribution is 5.73. The monoisotopic (exact) mass is 467 g/mol. The van der Waals surface area contributed by atoms with Gasteiger partial charge < -0.3 is 20.1 Å². The summed E-state index contributed by atoms with van der Waals surface area (Å²) in [5.41, 5.74) is 5.99. The lowest BCUT2D eigenvalue weighted by Crippen LogP contribution is -2.21. The molecule has 0 aliphatic rings. The van der Waals surface area contributed by atoms with Crippen LogP contribution in [0.4, 0.5) is 26.3 Å². The van der Waals surface area contributed by atoms with Crippen LogP contribution in [0.3, 0.4) is 0 Å². The maximum atomic E-state index is 12.8. The SMILES string of the molecule is COc1ccc(CN)cc1-c1nc(-c2cc(C(F)(F)F)nn2C)no1.O=C(O)C(F)(F)F. The highest BCUT2D eigenvalue weighted by Crippen LogP contribution is 2.33. The first-order valence-corrected chi connectivity index (χ1v) is 8.40. The van der Waals surface area contributed by atoms with E-state index in [1.807, 2.05) is 0 Å². The lowest BCUT2D eigenvalue weighted by molar-refractivity contribution is -0.192. The fraction of sp³-hybridized carbons (Fsp3) is 0.294. The van der Waals surface area contributed by atoms with Gasteiger partial charge in [0.1, 0.15) is 11.4 Å². The Morgan fingerprint density at radius 1 is 1.22 bits per heavy atom. The number of rotatable bonds is 4. The molecule has 0 aliphatic heterocycles. The first kappa shape index (κ1) is 24.6. The van der Waals surface area contributed by atoms with Gasteiger partial charge in [0.2, 0.25) is 5.82 Å². The minimum absolute atomic E-state index is 0.0132. The van der Waals surface area contributed by atoms with Gasteiger partial charge in [0.05, 0.1) is 12.7 Å². The number of alkyl halides is 6. The summed E-state index contributed by atoms with van der Waals surface area (Å²) in [5.74, 6) is -2.18. The van der Waals surface area contributed by atoms with Crippen LogP contribution >= 0.6 is 0 Å². The van der Waals surface area contributed by atoms with Crippen molar-refractivity contribution < 1.29 is 45.5 Å². The molecule has 32 heavy (non-hydrogen) atoms. The van der Waals surface area contributed by atoms with Crippen molar-refractivity contribution in [3.8, 4) is 28.7 Å². The molecule has 174 valence electrons. The molecule has 0 atom stereocenters. The average Bonchev–Trinajstić information content (AvgIpc) is 3.33. The van der Waals surface area contributed by atoms with Crippen LogP contribution in [-0.4, -0.2) is 44.3 Å². The molecule has 0 amide bonds.